The number of thioether (sulfide) groups is 1. The Balaban J connectivity index is 1.85. The molecule has 0 bridgehead atoms. The van der Waals surface area contributed by atoms with Gasteiger partial charge in [-0.3, -0.25) is 19.7 Å². The topological polar surface area (TPSA) is 121 Å². The van der Waals surface area contributed by atoms with Crippen molar-refractivity contribution in [3.8, 4) is 0 Å². The minimum absolute atomic E-state index is 0.0416. The molecule has 0 saturated carbocycles. The van der Waals surface area contributed by atoms with Crippen molar-refractivity contribution in [1.29, 1.82) is 0 Å². The number of non-ortho nitro benzene ring substituents is 1. The van der Waals surface area contributed by atoms with Crippen molar-refractivity contribution in [2.75, 3.05) is 0 Å². The Morgan fingerprint density at radius 1 is 1.07 bits per heavy atom. The standard InChI is InChI=1S/C17H9N3O6S/c21-15(13-3-1-7-25-13)19-12-6-5-10(20(23)24)9-11(12)18-17(19)27-16(22)14-4-2-8-26-14/h1-9H. The number of nitro groups is 1. The van der Waals surface area contributed by atoms with Crippen LogP contribution in [-0.4, -0.2) is 25.5 Å². The molecule has 3 heterocycles. The molecule has 0 radical (unpaired) electrons. The summed E-state index contributed by atoms with van der Waals surface area (Å²) in [5, 5.41) is 10.6. The van der Waals surface area contributed by atoms with E-state index in [0.717, 1.165) is 0 Å². The van der Waals surface area contributed by atoms with E-state index in [-0.39, 0.29) is 27.9 Å². The van der Waals surface area contributed by atoms with Gasteiger partial charge in [0.2, 0.25) is 0 Å². The molecule has 0 unspecified atom stereocenters. The van der Waals surface area contributed by atoms with Crippen molar-refractivity contribution in [2.24, 2.45) is 0 Å². The van der Waals surface area contributed by atoms with Crippen LogP contribution in [0.15, 0.2) is 69.0 Å². The fraction of sp³-hybridized carbons (Fsp3) is 0. The molecule has 0 N–H and O–H groups in total. The number of imidazole rings is 1. The molecule has 0 spiro atoms. The summed E-state index contributed by atoms with van der Waals surface area (Å²) in [5.74, 6) is -0.416. The molecule has 0 aliphatic heterocycles. The summed E-state index contributed by atoms with van der Waals surface area (Å²) in [5.41, 5.74) is 0.349. The van der Waals surface area contributed by atoms with Crippen molar-refractivity contribution in [1.82, 2.24) is 9.55 Å². The second-order valence-electron chi connectivity index (χ2n) is 5.31. The Morgan fingerprint density at radius 2 is 1.78 bits per heavy atom. The molecule has 10 heteroatoms. The van der Waals surface area contributed by atoms with Gasteiger partial charge in [-0.15, -0.1) is 0 Å². The van der Waals surface area contributed by atoms with Gasteiger partial charge in [-0.2, -0.15) is 0 Å². The molecule has 3 aromatic heterocycles. The third kappa shape index (κ3) is 3.02. The molecule has 0 fully saturated rings. The number of rotatable bonds is 4. The molecule has 0 aliphatic carbocycles. The molecule has 0 atom stereocenters. The lowest BCUT2D eigenvalue weighted by Crippen LogP contribution is -2.13. The molecule has 0 amide bonds. The monoisotopic (exact) mass is 383 g/mol. The van der Waals surface area contributed by atoms with Crippen LogP contribution in [0.4, 0.5) is 5.69 Å². The first-order chi connectivity index (χ1) is 13.0. The van der Waals surface area contributed by atoms with E-state index in [1.165, 1.54) is 47.4 Å². The number of fused-ring (bicyclic) bond motifs is 1. The van der Waals surface area contributed by atoms with Crippen LogP contribution in [0.25, 0.3) is 11.0 Å². The van der Waals surface area contributed by atoms with E-state index in [0.29, 0.717) is 17.3 Å². The zero-order valence-electron chi connectivity index (χ0n) is 13.4. The Kier molecular flexibility index (Phi) is 4.09. The summed E-state index contributed by atoms with van der Waals surface area (Å²) in [6, 6.07) is 9.99. The molecule has 4 aromatic rings. The van der Waals surface area contributed by atoms with Gasteiger partial charge in [0.1, 0.15) is 0 Å². The Hall–Kier alpha value is -3.66. The van der Waals surface area contributed by atoms with Crippen molar-refractivity contribution in [3.05, 3.63) is 76.6 Å². The van der Waals surface area contributed by atoms with E-state index in [1.807, 2.05) is 0 Å². The van der Waals surface area contributed by atoms with E-state index in [1.54, 1.807) is 12.1 Å². The summed E-state index contributed by atoms with van der Waals surface area (Å²) in [6.07, 6.45) is 2.70. The van der Waals surface area contributed by atoms with E-state index in [4.69, 9.17) is 8.83 Å². The van der Waals surface area contributed by atoms with Crippen molar-refractivity contribution >= 4 is 39.5 Å². The maximum absolute atomic E-state index is 12.8. The lowest BCUT2D eigenvalue weighted by Gasteiger charge is -2.04. The quantitative estimate of drug-likeness (QED) is 0.297. The number of nitrogens with zero attached hydrogens (tertiary/aromatic N) is 3. The van der Waals surface area contributed by atoms with Crippen molar-refractivity contribution in [3.63, 3.8) is 0 Å². The van der Waals surface area contributed by atoms with E-state index >= 15 is 0 Å². The van der Waals surface area contributed by atoms with Crippen LogP contribution in [0, 0.1) is 10.1 Å². The lowest BCUT2D eigenvalue weighted by atomic mass is 10.2. The first-order valence-electron chi connectivity index (χ1n) is 7.55. The van der Waals surface area contributed by atoms with Crippen molar-refractivity contribution in [2.45, 2.75) is 5.16 Å². The number of aromatic nitrogens is 2. The first kappa shape index (κ1) is 16.8. The average Bonchev–Trinajstić information content (AvgIpc) is 3.40. The zero-order valence-corrected chi connectivity index (χ0v) is 14.2. The lowest BCUT2D eigenvalue weighted by molar-refractivity contribution is -0.384. The highest BCUT2D eigenvalue weighted by Gasteiger charge is 2.25. The Bertz CT molecular complexity index is 1160. The van der Waals surface area contributed by atoms with Gasteiger partial charge in [0.15, 0.2) is 16.7 Å². The molecule has 1 aromatic carbocycles. The third-order valence-electron chi connectivity index (χ3n) is 3.66. The van der Waals surface area contributed by atoms with Crippen LogP contribution >= 0.6 is 11.8 Å². The normalized spacial score (nSPS) is 11.0. The molecule has 9 nitrogen and oxygen atoms in total. The number of carbonyl (C=O) groups excluding carboxylic acids is 2. The molecule has 134 valence electrons. The molecule has 0 saturated heterocycles. The third-order valence-corrected chi connectivity index (χ3v) is 4.50. The Morgan fingerprint density at radius 3 is 2.41 bits per heavy atom. The predicted octanol–water partition coefficient (Wildman–Crippen LogP) is 3.75. The number of benzene rings is 1. The number of hydrogen-bond acceptors (Lipinski definition) is 8. The highest BCUT2D eigenvalue weighted by atomic mass is 32.2. The fourth-order valence-electron chi connectivity index (χ4n) is 2.46. The summed E-state index contributed by atoms with van der Waals surface area (Å²) in [6.45, 7) is 0. The van der Waals surface area contributed by atoms with E-state index in [2.05, 4.69) is 4.98 Å². The Labute approximate surface area is 154 Å². The second kappa shape index (κ2) is 6.57. The van der Waals surface area contributed by atoms with Crippen LogP contribution in [0.3, 0.4) is 0 Å². The number of hydrogen-bond donors (Lipinski definition) is 0. The van der Waals surface area contributed by atoms with Crippen LogP contribution in [0.2, 0.25) is 0 Å². The van der Waals surface area contributed by atoms with Gasteiger partial charge >= 0.3 is 0 Å². The van der Waals surface area contributed by atoms with Gasteiger partial charge < -0.3 is 8.83 Å². The molecule has 0 aliphatic rings. The molecule has 27 heavy (non-hydrogen) atoms. The number of carbonyl (C=O) groups is 2. The number of nitro benzene ring substituents is 1. The minimum Gasteiger partial charge on any atom is -0.460 e. The largest absolute Gasteiger partial charge is 0.460 e. The maximum Gasteiger partial charge on any atom is 0.300 e. The summed E-state index contributed by atoms with van der Waals surface area (Å²) < 4.78 is 11.4. The summed E-state index contributed by atoms with van der Waals surface area (Å²) in [4.78, 5) is 39.9. The highest BCUT2D eigenvalue weighted by molar-refractivity contribution is 8.14. The van der Waals surface area contributed by atoms with Gasteiger partial charge in [-0.1, -0.05) is 0 Å². The molecule has 4 rings (SSSR count). The maximum atomic E-state index is 12.8. The van der Waals surface area contributed by atoms with Crippen LogP contribution in [-0.2, 0) is 0 Å². The van der Waals surface area contributed by atoms with Crippen LogP contribution in [0.1, 0.15) is 21.1 Å². The van der Waals surface area contributed by atoms with Crippen molar-refractivity contribution < 1.29 is 23.3 Å². The molecular formula is C17H9N3O6S. The van der Waals surface area contributed by atoms with Gasteiger partial charge in [0, 0.05) is 12.1 Å². The zero-order chi connectivity index (χ0) is 19.0. The second-order valence-corrected chi connectivity index (χ2v) is 6.25. The van der Waals surface area contributed by atoms with Gasteiger partial charge in [0.05, 0.1) is 28.5 Å². The van der Waals surface area contributed by atoms with Crippen LogP contribution in [0.5, 0.6) is 0 Å². The molecular weight excluding hydrogens is 374 g/mol. The van der Waals surface area contributed by atoms with E-state index < -0.39 is 15.9 Å². The van der Waals surface area contributed by atoms with E-state index in [9.17, 15) is 19.7 Å². The highest BCUT2D eigenvalue weighted by Crippen LogP contribution is 2.30. The SMILES string of the molecule is O=C(Sc1nc2cc([N+](=O)[O-])ccc2n1C(=O)c1ccco1)c1ccco1. The first-order valence-corrected chi connectivity index (χ1v) is 8.37. The average molecular weight is 383 g/mol. The smallest absolute Gasteiger partial charge is 0.300 e. The van der Waals surface area contributed by atoms with Gasteiger partial charge in [-0.25, -0.2) is 9.55 Å². The number of furan rings is 2. The fourth-order valence-corrected chi connectivity index (χ4v) is 3.26. The minimum atomic E-state index is -0.562. The van der Waals surface area contributed by atoms with Gasteiger partial charge in [0.25, 0.3) is 16.7 Å². The summed E-state index contributed by atoms with van der Waals surface area (Å²) in [7, 11) is 0. The predicted molar refractivity (Wildman–Crippen MR) is 93.7 cm³/mol. The van der Waals surface area contributed by atoms with Gasteiger partial charge in [-0.05, 0) is 42.1 Å². The summed E-state index contributed by atoms with van der Waals surface area (Å²) >= 11 is 0.680. The van der Waals surface area contributed by atoms with Crippen LogP contribution < -0.4 is 0 Å².